The summed E-state index contributed by atoms with van der Waals surface area (Å²) in [7, 11) is 0. The molecule has 1 aliphatic heterocycles. The standard InChI is InChI=1S/C17H24N2O3/c18-9-6-16(20)19-10-7-14(8-11-19)12-17(21)22-13-15-4-2-1-3-5-15/h1-5,14H,6-13,18H2. The van der Waals surface area contributed by atoms with Crippen molar-refractivity contribution in [1.82, 2.24) is 4.90 Å². The van der Waals surface area contributed by atoms with Crippen LogP contribution in [0.5, 0.6) is 0 Å². The van der Waals surface area contributed by atoms with Gasteiger partial charge < -0.3 is 15.4 Å². The molecule has 1 fully saturated rings. The highest BCUT2D eigenvalue weighted by Crippen LogP contribution is 2.21. The third kappa shape index (κ3) is 5.15. The minimum Gasteiger partial charge on any atom is -0.461 e. The van der Waals surface area contributed by atoms with Gasteiger partial charge in [-0.25, -0.2) is 0 Å². The molecule has 5 nitrogen and oxygen atoms in total. The van der Waals surface area contributed by atoms with Crippen molar-refractivity contribution >= 4 is 11.9 Å². The molecule has 0 unspecified atom stereocenters. The van der Waals surface area contributed by atoms with Gasteiger partial charge in [-0.1, -0.05) is 30.3 Å². The van der Waals surface area contributed by atoms with Crippen molar-refractivity contribution in [2.45, 2.75) is 32.3 Å². The molecule has 0 spiro atoms. The molecule has 1 saturated heterocycles. The van der Waals surface area contributed by atoms with Crippen LogP contribution in [0.15, 0.2) is 30.3 Å². The molecule has 1 aromatic carbocycles. The fourth-order valence-electron chi connectivity index (χ4n) is 2.70. The van der Waals surface area contributed by atoms with E-state index in [4.69, 9.17) is 10.5 Å². The number of amides is 1. The van der Waals surface area contributed by atoms with Crippen LogP contribution in [-0.2, 0) is 20.9 Å². The molecule has 0 aromatic heterocycles. The Balaban J connectivity index is 1.67. The SMILES string of the molecule is NCCC(=O)N1CCC(CC(=O)OCc2ccccc2)CC1. The number of hydrogen-bond donors (Lipinski definition) is 1. The molecular weight excluding hydrogens is 280 g/mol. The van der Waals surface area contributed by atoms with Gasteiger partial charge in [0.15, 0.2) is 0 Å². The van der Waals surface area contributed by atoms with Crippen LogP contribution in [0.1, 0.15) is 31.2 Å². The van der Waals surface area contributed by atoms with E-state index in [-0.39, 0.29) is 11.9 Å². The van der Waals surface area contributed by atoms with Gasteiger partial charge in [0.05, 0.1) is 0 Å². The molecule has 0 radical (unpaired) electrons. The summed E-state index contributed by atoms with van der Waals surface area (Å²) in [4.78, 5) is 25.5. The number of likely N-dealkylation sites (tertiary alicyclic amines) is 1. The topological polar surface area (TPSA) is 72.6 Å². The number of ether oxygens (including phenoxy) is 1. The Bertz CT molecular complexity index is 482. The van der Waals surface area contributed by atoms with Gasteiger partial charge in [-0.15, -0.1) is 0 Å². The Kier molecular flexibility index (Phi) is 6.40. The summed E-state index contributed by atoms with van der Waals surface area (Å²) in [6, 6.07) is 9.67. The largest absolute Gasteiger partial charge is 0.461 e. The Morgan fingerprint density at radius 2 is 1.86 bits per heavy atom. The smallest absolute Gasteiger partial charge is 0.306 e. The highest BCUT2D eigenvalue weighted by atomic mass is 16.5. The zero-order valence-corrected chi connectivity index (χ0v) is 12.9. The Hall–Kier alpha value is -1.88. The van der Waals surface area contributed by atoms with Crippen molar-refractivity contribution in [2.75, 3.05) is 19.6 Å². The van der Waals surface area contributed by atoms with Crippen LogP contribution in [0, 0.1) is 5.92 Å². The molecule has 22 heavy (non-hydrogen) atoms. The van der Waals surface area contributed by atoms with Crippen LogP contribution in [0.2, 0.25) is 0 Å². The van der Waals surface area contributed by atoms with E-state index in [1.54, 1.807) is 0 Å². The van der Waals surface area contributed by atoms with E-state index in [1.165, 1.54) is 0 Å². The van der Waals surface area contributed by atoms with Crippen molar-refractivity contribution in [1.29, 1.82) is 0 Å². The number of rotatable bonds is 6. The van der Waals surface area contributed by atoms with E-state index < -0.39 is 0 Å². The summed E-state index contributed by atoms with van der Waals surface area (Å²) >= 11 is 0. The number of benzene rings is 1. The minimum absolute atomic E-state index is 0.118. The van der Waals surface area contributed by atoms with Crippen molar-refractivity contribution in [3.8, 4) is 0 Å². The molecule has 0 aliphatic carbocycles. The fourth-order valence-corrected chi connectivity index (χ4v) is 2.70. The number of nitrogens with zero attached hydrogens (tertiary/aromatic N) is 1. The van der Waals surface area contributed by atoms with Crippen LogP contribution >= 0.6 is 0 Å². The molecule has 2 N–H and O–H groups in total. The van der Waals surface area contributed by atoms with E-state index in [0.717, 1.165) is 31.5 Å². The Morgan fingerprint density at radius 1 is 1.18 bits per heavy atom. The lowest BCUT2D eigenvalue weighted by molar-refractivity contribution is -0.146. The molecule has 5 heteroatoms. The van der Waals surface area contributed by atoms with Gasteiger partial charge in [0, 0.05) is 32.5 Å². The second-order valence-electron chi connectivity index (χ2n) is 5.71. The third-order valence-corrected chi connectivity index (χ3v) is 4.02. The van der Waals surface area contributed by atoms with E-state index in [0.29, 0.717) is 31.9 Å². The summed E-state index contributed by atoms with van der Waals surface area (Å²) in [5.74, 6) is 0.272. The molecule has 2 rings (SSSR count). The number of carbonyl (C=O) groups is 2. The third-order valence-electron chi connectivity index (χ3n) is 4.02. The zero-order chi connectivity index (χ0) is 15.8. The summed E-state index contributed by atoms with van der Waals surface area (Å²) < 4.78 is 5.31. The van der Waals surface area contributed by atoms with Crippen molar-refractivity contribution in [3.63, 3.8) is 0 Å². The molecule has 120 valence electrons. The molecule has 0 saturated carbocycles. The average molecular weight is 304 g/mol. The second-order valence-corrected chi connectivity index (χ2v) is 5.71. The van der Waals surface area contributed by atoms with Crippen LogP contribution in [0.25, 0.3) is 0 Å². The summed E-state index contributed by atoms with van der Waals surface area (Å²) in [5, 5.41) is 0. The van der Waals surface area contributed by atoms with Gasteiger partial charge in [-0.2, -0.15) is 0 Å². The number of piperidine rings is 1. The quantitative estimate of drug-likeness (QED) is 0.812. The second kappa shape index (κ2) is 8.54. The first-order valence-corrected chi connectivity index (χ1v) is 7.86. The van der Waals surface area contributed by atoms with Crippen molar-refractivity contribution in [3.05, 3.63) is 35.9 Å². The maximum Gasteiger partial charge on any atom is 0.306 e. The molecule has 1 aliphatic rings. The monoisotopic (exact) mass is 304 g/mol. The molecule has 1 heterocycles. The first-order valence-electron chi connectivity index (χ1n) is 7.86. The highest BCUT2D eigenvalue weighted by Gasteiger charge is 2.24. The number of nitrogens with two attached hydrogens (primary N) is 1. The minimum atomic E-state index is -0.157. The van der Waals surface area contributed by atoms with Gasteiger partial charge in [-0.3, -0.25) is 9.59 Å². The van der Waals surface area contributed by atoms with Crippen LogP contribution in [0.3, 0.4) is 0 Å². The van der Waals surface area contributed by atoms with Gasteiger partial charge in [-0.05, 0) is 24.3 Å². The van der Waals surface area contributed by atoms with E-state index >= 15 is 0 Å². The molecule has 1 aromatic rings. The first-order chi connectivity index (χ1) is 10.7. The maximum absolute atomic E-state index is 11.9. The Labute approximate surface area is 131 Å². The fraction of sp³-hybridized carbons (Fsp3) is 0.529. The molecule has 1 amide bonds. The summed E-state index contributed by atoms with van der Waals surface area (Å²) in [6.07, 6.45) is 2.56. The van der Waals surface area contributed by atoms with E-state index in [1.807, 2.05) is 35.2 Å². The van der Waals surface area contributed by atoms with E-state index in [9.17, 15) is 9.59 Å². The predicted octanol–water partition coefficient (Wildman–Crippen LogP) is 1.71. The number of hydrogen-bond acceptors (Lipinski definition) is 4. The predicted molar refractivity (Wildman–Crippen MR) is 83.8 cm³/mol. The number of esters is 1. The first kappa shape index (κ1) is 16.5. The zero-order valence-electron chi connectivity index (χ0n) is 12.9. The highest BCUT2D eigenvalue weighted by molar-refractivity contribution is 5.76. The van der Waals surface area contributed by atoms with Crippen molar-refractivity contribution < 1.29 is 14.3 Å². The normalized spacial score (nSPS) is 15.6. The maximum atomic E-state index is 11.9. The summed E-state index contributed by atoms with van der Waals surface area (Å²) in [6.45, 7) is 2.16. The Morgan fingerprint density at radius 3 is 2.50 bits per heavy atom. The molecule has 0 bridgehead atoms. The molecule has 0 atom stereocenters. The molecular formula is C17H24N2O3. The van der Waals surface area contributed by atoms with Crippen molar-refractivity contribution in [2.24, 2.45) is 11.7 Å². The van der Waals surface area contributed by atoms with Gasteiger partial charge >= 0.3 is 5.97 Å². The van der Waals surface area contributed by atoms with Gasteiger partial charge in [0.1, 0.15) is 6.61 Å². The lowest BCUT2D eigenvalue weighted by atomic mass is 9.93. The van der Waals surface area contributed by atoms with Gasteiger partial charge in [0.2, 0.25) is 5.91 Å². The summed E-state index contributed by atoms with van der Waals surface area (Å²) in [5.41, 5.74) is 6.40. The van der Waals surface area contributed by atoms with Gasteiger partial charge in [0.25, 0.3) is 0 Å². The lowest BCUT2D eigenvalue weighted by Gasteiger charge is -2.31. The number of carbonyl (C=O) groups excluding carboxylic acids is 2. The van der Waals surface area contributed by atoms with Crippen LogP contribution in [-0.4, -0.2) is 36.4 Å². The van der Waals surface area contributed by atoms with E-state index in [2.05, 4.69) is 0 Å². The lowest BCUT2D eigenvalue weighted by Crippen LogP contribution is -2.39. The van der Waals surface area contributed by atoms with Crippen LogP contribution in [0.4, 0.5) is 0 Å². The average Bonchev–Trinajstić information content (AvgIpc) is 2.55. The van der Waals surface area contributed by atoms with Crippen LogP contribution < -0.4 is 5.73 Å².